The van der Waals surface area contributed by atoms with E-state index < -0.39 is 0 Å². The molecule has 31 heavy (non-hydrogen) atoms. The maximum Gasteiger partial charge on any atom is 0.315 e. The van der Waals surface area contributed by atoms with Gasteiger partial charge in [-0.1, -0.05) is 55.8 Å². The molecule has 172 valence electrons. The van der Waals surface area contributed by atoms with Gasteiger partial charge < -0.3 is 20.9 Å². The van der Waals surface area contributed by atoms with Crippen molar-refractivity contribution in [1.29, 1.82) is 0 Å². The summed E-state index contributed by atoms with van der Waals surface area (Å²) in [5, 5.41) is 9.00. The van der Waals surface area contributed by atoms with Crippen LogP contribution in [0.4, 0.5) is 4.79 Å². The Labute approximate surface area is 187 Å². The second-order valence-electron chi connectivity index (χ2n) is 9.32. The highest BCUT2D eigenvalue weighted by Crippen LogP contribution is 2.38. The number of nitrogens with zero attached hydrogens (tertiary/aromatic N) is 1. The zero-order valence-electron chi connectivity index (χ0n) is 19.8. The molecular weight excluding hydrogens is 388 g/mol. The average Bonchev–Trinajstić information content (AvgIpc) is 2.72. The molecule has 0 spiro atoms. The lowest BCUT2D eigenvalue weighted by atomic mass is 9.70. The van der Waals surface area contributed by atoms with E-state index in [1.54, 1.807) is 0 Å². The first-order valence-electron chi connectivity index (χ1n) is 11.4. The quantitative estimate of drug-likeness (QED) is 0.500. The van der Waals surface area contributed by atoms with Gasteiger partial charge in [0.05, 0.1) is 0 Å². The molecule has 0 fully saturated rings. The molecule has 0 radical (unpaired) electrons. The smallest absolute Gasteiger partial charge is 0.315 e. The number of carbonyl (C=O) groups is 2. The van der Waals surface area contributed by atoms with E-state index in [1.807, 2.05) is 44.4 Å². The van der Waals surface area contributed by atoms with Crippen LogP contribution in [0.15, 0.2) is 42.0 Å². The largest absolute Gasteiger partial charge is 0.355 e. The molecule has 3 N–H and O–H groups in total. The molecule has 1 aromatic rings. The number of likely N-dealkylation sites (N-methyl/N-ethyl adjacent to an activating group) is 1. The number of carbonyl (C=O) groups excluding carboxylic acids is 2. The van der Waals surface area contributed by atoms with Crippen molar-refractivity contribution in [3.8, 4) is 0 Å². The molecule has 0 aromatic heterocycles. The lowest BCUT2D eigenvalue weighted by molar-refractivity contribution is -0.122. The summed E-state index contributed by atoms with van der Waals surface area (Å²) in [6, 6.07) is 9.76. The molecule has 0 heterocycles. The number of rotatable bonds is 10. The molecule has 3 unspecified atom stereocenters. The minimum atomic E-state index is -0.139. The molecule has 3 atom stereocenters. The number of urea groups is 1. The molecule has 6 nitrogen and oxygen atoms in total. The Morgan fingerprint density at radius 2 is 1.81 bits per heavy atom. The lowest BCUT2D eigenvalue weighted by Gasteiger charge is -2.37. The van der Waals surface area contributed by atoms with E-state index in [-0.39, 0.29) is 23.8 Å². The van der Waals surface area contributed by atoms with E-state index in [0.29, 0.717) is 37.9 Å². The monoisotopic (exact) mass is 428 g/mol. The summed E-state index contributed by atoms with van der Waals surface area (Å²) in [4.78, 5) is 26.7. The zero-order valence-corrected chi connectivity index (χ0v) is 19.8. The summed E-state index contributed by atoms with van der Waals surface area (Å²) in [6.07, 6.45) is 3.80. The topological polar surface area (TPSA) is 73.5 Å². The summed E-state index contributed by atoms with van der Waals surface area (Å²) in [5.74, 6) is 1.62. The highest BCUT2D eigenvalue weighted by Gasteiger charge is 2.32. The van der Waals surface area contributed by atoms with Crippen LogP contribution in [0.1, 0.15) is 39.2 Å². The lowest BCUT2D eigenvalue weighted by Crippen LogP contribution is -2.41. The average molecular weight is 429 g/mol. The molecule has 0 bridgehead atoms. The molecule has 2 rings (SSSR count). The fraction of sp³-hybridized carbons (Fsp3) is 0.600. The molecule has 0 saturated carbocycles. The summed E-state index contributed by atoms with van der Waals surface area (Å²) in [5.41, 5.74) is 2.34. The Morgan fingerprint density at radius 1 is 1.10 bits per heavy atom. The van der Waals surface area contributed by atoms with Gasteiger partial charge in [0, 0.05) is 32.6 Å². The third-order valence-corrected chi connectivity index (χ3v) is 6.19. The van der Waals surface area contributed by atoms with E-state index >= 15 is 0 Å². The van der Waals surface area contributed by atoms with Gasteiger partial charge in [-0.15, -0.1) is 0 Å². The number of amides is 3. The fourth-order valence-corrected chi connectivity index (χ4v) is 4.27. The van der Waals surface area contributed by atoms with Gasteiger partial charge in [0.25, 0.3) is 0 Å². The molecule has 1 aliphatic carbocycles. The highest BCUT2D eigenvalue weighted by molar-refractivity contribution is 5.76. The van der Waals surface area contributed by atoms with Gasteiger partial charge in [-0.25, -0.2) is 4.79 Å². The van der Waals surface area contributed by atoms with Crippen LogP contribution in [0.25, 0.3) is 0 Å². The van der Waals surface area contributed by atoms with Crippen molar-refractivity contribution in [3.63, 3.8) is 0 Å². The molecular formula is C25H40N4O2. The van der Waals surface area contributed by atoms with Gasteiger partial charge >= 0.3 is 6.03 Å². The van der Waals surface area contributed by atoms with Crippen molar-refractivity contribution in [2.75, 3.05) is 33.7 Å². The maximum absolute atomic E-state index is 12.4. The first-order chi connectivity index (χ1) is 14.8. The SMILES string of the molecule is CC1=CC(CNC(=O)NCc2ccccc2)C(C(C)C)CC1CC(=O)NCCN(C)C. The van der Waals surface area contributed by atoms with Crippen LogP contribution >= 0.6 is 0 Å². The van der Waals surface area contributed by atoms with E-state index in [0.717, 1.165) is 18.5 Å². The Hall–Kier alpha value is -2.34. The predicted octanol–water partition coefficient (Wildman–Crippen LogP) is 3.41. The number of hydrogen-bond acceptors (Lipinski definition) is 3. The predicted molar refractivity (Wildman–Crippen MR) is 127 cm³/mol. The van der Waals surface area contributed by atoms with Crippen LogP contribution in [0, 0.1) is 23.7 Å². The normalized spacial score (nSPS) is 21.0. The van der Waals surface area contributed by atoms with E-state index in [2.05, 4.69) is 47.7 Å². The number of allylic oxidation sites excluding steroid dienone is 1. The van der Waals surface area contributed by atoms with Crippen LogP contribution in [-0.4, -0.2) is 50.6 Å². The van der Waals surface area contributed by atoms with Crippen molar-refractivity contribution < 1.29 is 9.59 Å². The van der Waals surface area contributed by atoms with Crippen LogP contribution < -0.4 is 16.0 Å². The minimum absolute atomic E-state index is 0.124. The molecule has 1 aromatic carbocycles. The number of nitrogens with one attached hydrogen (secondary N) is 3. The van der Waals surface area contributed by atoms with Gasteiger partial charge in [0.1, 0.15) is 0 Å². The summed E-state index contributed by atoms with van der Waals surface area (Å²) < 4.78 is 0. The van der Waals surface area contributed by atoms with Crippen molar-refractivity contribution in [1.82, 2.24) is 20.9 Å². The van der Waals surface area contributed by atoms with Gasteiger partial charge in [0.15, 0.2) is 0 Å². The second kappa shape index (κ2) is 12.5. The third kappa shape index (κ3) is 8.74. The van der Waals surface area contributed by atoms with E-state index in [1.165, 1.54) is 5.57 Å². The molecule has 6 heteroatoms. The number of benzene rings is 1. The Kier molecular flexibility index (Phi) is 10.0. The molecule has 0 saturated heterocycles. The Bertz CT molecular complexity index is 730. The molecule has 1 aliphatic rings. The zero-order chi connectivity index (χ0) is 22.8. The third-order valence-electron chi connectivity index (χ3n) is 6.19. The Morgan fingerprint density at radius 3 is 2.45 bits per heavy atom. The van der Waals surface area contributed by atoms with Crippen molar-refractivity contribution >= 4 is 11.9 Å². The first kappa shape index (κ1) is 24.9. The van der Waals surface area contributed by atoms with Crippen molar-refractivity contribution in [2.24, 2.45) is 23.7 Å². The summed E-state index contributed by atoms with van der Waals surface area (Å²) in [7, 11) is 4.01. The fourth-order valence-electron chi connectivity index (χ4n) is 4.27. The molecule has 3 amide bonds. The van der Waals surface area contributed by atoms with Crippen LogP contribution in [0.5, 0.6) is 0 Å². The van der Waals surface area contributed by atoms with Crippen molar-refractivity contribution in [3.05, 3.63) is 47.5 Å². The van der Waals surface area contributed by atoms with Crippen LogP contribution in [-0.2, 0) is 11.3 Å². The van der Waals surface area contributed by atoms with Gasteiger partial charge in [0.2, 0.25) is 5.91 Å². The van der Waals surface area contributed by atoms with Crippen LogP contribution in [0.2, 0.25) is 0 Å². The second-order valence-corrected chi connectivity index (χ2v) is 9.32. The van der Waals surface area contributed by atoms with Gasteiger partial charge in [-0.3, -0.25) is 4.79 Å². The van der Waals surface area contributed by atoms with Gasteiger partial charge in [-0.05, 0) is 56.7 Å². The Balaban J connectivity index is 1.86. The minimum Gasteiger partial charge on any atom is -0.355 e. The van der Waals surface area contributed by atoms with Crippen LogP contribution in [0.3, 0.4) is 0 Å². The highest BCUT2D eigenvalue weighted by atomic mass is 16.2. The number of hydrogen-bond donors (Lipinski definition) is 3. The summed E-state index contributed by atoms with van der Waals surface area (Å²) in [6.45, 7) is 9.25. The van der Waals surface area contributed by atoms with Crippen molar-refractivity contribution in [2.45, 2.75) is 40.2 Å². The van der Waals surface area contributed by atoms with Gasteiger partial charge in [-0.2, -0.15) is 0 Å². The first-order valence-corrected chi connectivity index (χ1v) is 11.4. The maximum atomic E-state index is 12.4. The molecule has 0 aliphatic heterocycles. The van der Waals surface area contributed by atoms with E-state index in [9.17, 15) is 9.59 Å². The van der Waals surface area contributed by atoms with E-state index in [4.69, 9.17) is 0 Å². The standard InChI is InChI=1S/C25H40N4O2/c1-18(2)23-14-21(15-24(30)26-11-12-29(4)5)19(3)13-22(23)17-28-25(31)27-16-20-9-7-6-8-10-20/h6-10,13,18,21-23H,11-12,14-17H2,1-5H3,(H,26,30)(H2,27,28,31). The summed E-state index contributed by atoms with van der Waals surface area (Å²) >= 11 is 0.